The van der Waals surface area contributed by atoms with Crippen molar-refractivity contribution in [3.63, 3.8) is 0 Å². The Morgan fingerprint density at radius 1 is 1.44 bits per heavy atom. The van der Waals surface area contributed by atoms with Crippen LogP contribution in [0.3, 0.4) is 0 Å². The molecule has 3 heteroatoms. The van der Waals surface area contributed by atoms with Gasteiger partial charge in [-0.3, -0.25) is 0 Å². The molecule has 2 N–H and O–H groups in total. The van der Waals surface area contributed by atoms with Gasteiger partial charge in [0.25, 0.3) is 0 Å². The van der Waals surface area contributed by atoms with Crippen molar-refractivity contribution in [3.8, 4) is 0 Å². The SMILES string of the molecule is CC(CO)OC[C@H](C)O. The van der Waals surface area contributed by atoms with Crippen LogP contribution in [0.4, 0.5) is 0 Å². The zero-order valence-corrected chi connectivity index (χ0v) is 5.87. The van der Waals surface area contributed by atoms with Gasteiger partial charge in [-0.25, -0.2) is 0 Å². The van der Waals surface area contributed by atoms with E-state index in [0.29, 0.717) is 6.61 Å². The summed E-state index contributed by atoms with van der Waals surface area (Å²) in [4.78, 5) is 0. The molecule has 1 unspecified atom stereocenters. The molecule has 0 spiro atoms. The topological polar surface area (TPSA) is 49.7 Å². The summed E-state index contributed by atoms with van der Waals surface area (Å²) in [6.45, 7) is 3.70. The Balaban J connectivity index is 3.06. The summed E-state index contributed by atoms with van der Waals surface area (Å²) in [6, 6.07) is 0. The van der Waals surface area contributed by atoms with E-state index in [2.05, 4.69) is 0 Å². The Hall–Kier alpha value is -0.120. The highest BCUT2D eigenvalue weighted by molar-refractivity contribution is 4.47. The van der Waals surface area contributed by atoms with Gasteiger partial charge in [-0.1, -0.05) is 0 Å². The Morgan fingerprint density at radius 3 is 2.33 bits per heavy atom. The van der Waals surface area contributed by atoms with E-state index in [0.717, 1.165) is 0 Å². The summed E-state index contributed by atoms with van der Waals surface area (Å²) in [5.74, 6) is 0. The molecule has 0 aromatic heterocycles. The number of hydrogen-bond acceptors (Lipinski definition) is 3. The number of hydrogen-bond donors (Lipinski definition) is 2. The molecule has 0 aliphatic heterocycles. The largest absolute Gasteiger partial charge is 0.394 e. The fourth-order valence-corrected chi connectivity index (χ4v) is 0.356. The van der Waals surface area contributed by atoms with Gasteiger partial charge in [-0.05, 0) is 13.8 Å². The normalized spacial score (nSPS) is 17.3. The van der Waals surface area contributed by atoms with Crippen LogP contribution in [0, 0.1) is 0 Å². The van der Waals surface area contributed by atoms with Gasteiger partial charge in [0, 0.05) is 0 Å². The smallest absolute Gasteiger partial charge is 0.0779 e. The molecule has 0 saturated heterocycles. The van der Waals surface area contributed by atoms with Crippen LogP contribution in [0.15, 0.2) is 0 Å². The molecule has 0 aliphatic rings. The first-order valence-corrected chi connectivity index (χ1v) is 3.07. The second kappa shape index (κ2) is 4.73. The van der Waals surface area contributed by atoms with Gasteiger partial charge in [0.05, 0.1) is 25.4 Å². The molecule has 0 aliphatic carbocycles. The average molecular weight is 134 g/mol. The average Bonchev–Trinajstić information content (AvgIpc) is 1.83. The maximum Gasteiger partial charge on any atom is 0.0779 e. The van der Waals surface area contributed by atoms with E-state index in [1.807, 2.05) is 0 Å². The number of ether oxygens (including phenoxy) is 1. The summed E-state index contributed by atoms with van der Waals surface area (Å²) >= 11 is 0. The summed E-state index contributed by atoms with van der Waals surface area (Å²) < 4.78 is 4.95. The highest BCUT2D eigenvalue weighted by Gasteiger charge is 2.00. The fourth-order valence-electron chi connectivity index (χ4n) is 0.356. The van der Waals surface area contributed by atoms with Crippen molar-refractivity contribution in [2.24, 2.45) is 0 Å². The van der Waals surface area contributed by atoms with E-state index in [1.54, 1.807) is 13.8 Å². The van der Waals surface area contributed by atoms with Gasteiger partial charge in [0.1, 0.15) is 0 Å². The van der Waals surface area contributed by atoms with Crippen molar-refractivity contribution in [2.75, 3.05) is 13.2 Å². The van der Waals surface area contributed by atoms with Crippen LogP contribution in [0.2, 0.25) is 0 Å². The highest BCUT2D eigenvalue weighted by atomic mass is 16.5. The number of rotatable bonds is 4. The third kappa shape index (κ3) is 5.76. The second-order valence-electron chi connectivity index (χ2n) is 2.18. The highest BCUT2D eigenvalue weighted by Crippen LogP contribution is 1.90. The zero-order valence-electron chi connectivity index (χ0n) is 5.87. The van der Waals surface area contributed by atoms with Crippen LogP contribution in [0.1, 0.15) is 13.8 Å². The van der Waals surface area contributed by atoms with Gasteiger partial charge in [-0.15, -0.1) is 0 Å². The van der Waals surface area contributed by atoms with Crippen molar-refractivity contribution >= 4 is 0 Å². The number of aliphatic hydroxyl groups excluding tert-OH is 2. The van der Waals surface area contributed by atoms with Crippen molar-refractivity contribution in [1.29, 1.82) is 0 Å². The molecule has 2 atom stereocenters. The van der Waals surface area contributed by atoms with Crippen LogP contribution in [0.5, 0.6) is 0 Å². The van der Waals surface area contributed by atoms with Crippen LogP contribution in [0.25, 0.3) is 0 Å². The molecule has 56 valence electrons. The summed E-state index contributed by atoms with van der Waals surface area (Å²) in [5.41, 5.74) is 0. The Morgan fingerprint density at radius 2 is 2.00 bits per heavy atom. The summed E-state index contributed by atoms with van der Waals surface area (Å²) in [5, 5.41) is 17.1. The third-order valence-corrected chi connectivity index (χ3v) is 0.879. The van der Waals surface area contributed by atoms with Crippen LogP contribution >= 0.6 is 0 Å². The first kappa shape index (κ1) is 8.88. The Kier molecular flexibility index (Phi) is 4.67. The lowest BCUT2D eigenvalue weighted by atomic mass is 10.4. The quantitative estimate of drug-likeness (QED) is 0.558. The maximum absolute atomic E-state index is 8.69. The summed E-state index contributed by atoms with van der Waals surface area (Å²) in [7, 11) is 0. The van der Waals surface area contributed by atoms with Crippen LogP contribution < -0.4 is 0 Å². The molecule has 3 nitrogen and oxygen atoms in total. The van der Waals surface area contributed by atoms with Crippen LogP contribution in [-0.4, -0.2) is 35.6 Å². The van der Waals surface area contributed by atoms with Crippen LogP contribution in [-0.2, 0) is 4.74 Å². The molecule has 0 fully saturated rings. The van der Waals surface area contributed by atoms with E-state index in [1.165, 1.54) is 0 Å². The standard InChI is InChI=1S/C6H14O3/c1-5(8)4-9-6(2)3-7/h5-8H,3-4H2,1-2H3/t5-,6?/m0/s1. The lowest BCUT2D eigenvalue weighted by Crippen LogP contribution is -2.19. The van der Waals surface area contributed by atoms with E-state index < -0.39 is 6.10 Å². The zero-order chi connectivity index (χ0) is 7.28. The Bertz CT molecular complexity index is 63.3. The van der Waals surface area contributed by atoms with E-state index in [4.69, 9.17) is 14.9 Å². The minimum absolute atomic E-state index is 0.00667. The lowest BCUT2D eigenvalue weighted by Gasteiger charge is -2.10. The van der Waals surface area contributed by atoms with Gasteiger partial charge in [0.2, 0.25) is 0 Å². The first-order valence-electron chi connectivity index (χ1n) is 3.07. The van der Waals surface area contributed by atoms with Gasteiger partial charge in [-0.2, -0.15) is 0 Å². The van der Waals surface area contributed by atoms with E-state index in [-0.39, 0.29) is 12.7 Å². The van der Waals surface area contributed by atoms with Gasteiger partial charge in [0.15, 0.2) is 0 Å². The first-order chi connectivity index (χ1) is 4.16. The van der Waals surface area contributed by atoms with Crippen molar-refractivity contribution in [2.45, 2.75) is 26.1 Å². The van der Waals surface area contributed by atoms with E-state index >= 15 is 0 Å². The monoisotopic (exact) mass is 134 g/mol. The van der Waals surface area contributed by atoms with Gasteiger partial charge >= 0.3 is 0 Å². The molecule has 0 bridgehead atoms. The van der Waals surface area contributed by atoms with Gasteiger partial charge < -0.3 is 14.9 Å². The molecule has 0 radical (unpaired) electrons. The third-order valence-electron chi connectivity index (χ3n) is 0.879. The molecular formula is C6H14O3. The predicted octanol–water partition coefficient (Wildman–Crippen LogP) is -0.235. The predicted molar refractivity (Wildman–Crippen MR) is 34.2 cm³/mol. The fraction of sp³-hybridized carbons (Fsp3) is 1.00. The molecular weight excluding hydrogens is 120 g/mol. The minimum atomic E-state index is -0.445. The molecule has 0 amide bonds. The molecule has 0 aromatic carbocycles. The molecule has 0 rings (SSSR count). The molecule has 0 aromatic rings. The Labute approximate surface area is 55.3 Å². The maximum atomic E-state index is 8.69. The molecule has 0 heterocycles. The number of aliphatic hydroxyl groups is 2. The molecule has 9 heavy (non-hydrogen) atoms. The van der Waals surface area contributed by atoms with Crippen molar-refractivity contribution in [1.82, 2.24) is 0 Å². The van der Waals surface area contributed by atoms with Crippen molar-refractivity contribution in [3.05, 3.63) is 0 Å². The minimum Gasteiger partial charge on any atom is -0.394 e. The lowest BCUT2D eigenvalue weighted by molar-refractivity contribution is -0.0177. The molecule has 0 saturated carbocycles. The van der Waals surface area contributed by atoms with Crippen molar-refractivity contribution < 1.29 is 14.9 Å². The summed E-state index contributed by atoms with van der Waals surface area (Å²) in [6.07, 6.45) is -0.612. The second-order valence-corrected chi connectivity index (χ2v) is 2.18. The van der Waals surface area contributed by atoms with E-state index in [9.17, 15) is 0 Å².